The first-order chi connectivity index (χ1) is 17.0. The Morgan fingerprint density at radius 3 is 2.61 bits per heavy atom. The molecular formula is C25H25ClF2N6O2. The number of fused-ring (bicyclic) bond motifs is 1. The summed E-state index contributed by atoms with van der Waals surface area (Å²) in [4.78, 5) is 23.5. The maximum atomic E-state index is 14.7. The summed E-state index contributed by atoms with van der Waals surface area (Å²) < 4.78 is 35.5. The fourth-order valence-electron chi connectivity index (χ4n) is 4.25. The van der Waals surface area contributed by atoms with Crippen molar-refractivity contribution in [2.24, 2.45) is 0 Å². The van der Waals surface area contributed by atoms with E-state index in [1.165, 1.54) is 25.4 Å². The zero-order valence-corrected chi connectivity index (χ0v) is 20.5. The second kappa shape index (κ2) is 10.5. The number of ether oxygens (including phenoxy) is 1. The van der Waals surface area contributed by atoms with Crippen molar-refractivity contribution in [3.63, 3.8) is 0 Å². The molecule has 188 valence electrons. The fourth-order valence-corrected chi connectivity index (χ4v) is 4.25. The van der Waals surface area contributed by atoms with Gasteiger partial charge in [-0.2, -0.15) is 4.39 Å². The number of benzene rings is 2. The summed E-state index contributed by atoms with van der Waals surface area (Å²) in [5.41, 5.74) is 3.09. The van der Waals surface area contributed by atoms with Crippen LogP contribution in [0.2, 0.25) is 0 Å². The van der Waals surface area contributed by atoms with Gasteiger partial charge in [0.25, 0.3) is 5.91 Å². The Balaban J connectivity index is 0.00000304. The molecule has 1 saturated heterocycles. The molecule has 5 rings (SSSR count). The molecule has 36 heavy (non-hydrogen) atoms. The number of hydrogen-bond acceptors (Lipinski definition) is 6. The Morgan fingerprint density at radius 1 is 1.11 bits per heavy atom. The third kappa shape index (κ3) is 4.57. The van der Waals surface area contributed by atoms with E-state index in [9.17, 15) is 13.6 Å². The van der Waals surface area contributed by atoms with Crippen LogP contribution in [-0.4, -0.2) is 58.5 Å². The van der Waals surface area contributed by atoms with Gasteiger partial charge in [-0.1, -0.05) is 0 Å². The second-order valence-corrected chi connectivity index (χ2v) is 8.25. The summed E-state index contributed by atoms with van der Waals surface area (Å²) in [6.45, 7) is 4.85. The zero-order valence-electron chi connectivity index (χ0n) is 19.7. The van der Waals surface area contributed by atoms with E-state index in [-0.39, 0.29) is 29.6 Å². The van der Waals surface area contributed by atoms with Crippen LogP contribution in [0, 0.1) is 18.6 Å². The van der Waals surface area contributed by atoms with Gasteiger partial charge in [0.15, 0.2) is 23.0 Å². The van der Waals surface area contributed by atoms with E-state index in [0.29, 0.717) is 35.8 Å². The van der Waals surface area contributed by atoms with Crippen molar-refractivity contribution in [2.75, 3.05) is 38.6 Å². The number of carbonyl (C=O) groups is 1. The molecule has 0 saturated carbocycles. The highest BCUT2D eigenvalue weighted by atomic mass is 35.5. The van der Waals surface area contributed by atoms with Crippen molar-refractivity contribution in [3.8, 4) is 17.0 Å². The van der Waals surface area contributed by atoms with E-state index >= 15 is 0 Å². The summed E-state index contributed by atoms with van der Waals surface area (Å²) in [6, 6.07) is 8.32. The molecule has 0 atom stereocenters. The van der Waals surface area contributed by atoms with Gasteiger partial charge in [0.2, 0.25) is 5.82 Å². The lowest BCUT2D eigenvalue weighted by molar-refractivity contribution is 0.0735. The SMILES string of the molecule is COc1ccc(-c2cnc3c(Nc4ccc(C(=O)N5CCNCC5)c(C)c4)nccn23)c(F)c1F.Cl. The topological polar surface area (TPSA) is 83.8 Å². The highest BCUT2D eigenvalue weighted by Crippen LogP contribution is 2.31. The number of methoxy groups -OCH3 is 1. The minimum Gasteiger partial charge on any atom is -0.494 e. The summed E-state index contributed by atoms with van der Waals surface area (Å²) in [5, 5.41) is 6.47. The minimum absolute atomic E-state index is 0. The maximum absolute atomic E-state index is 14.7. The van der Waals surface area contributed by atoms with E-state index in [4.69, 9.17) is 4.74 Å². The van der Waals surface area contributed by atoms with Crippen LogP contribution in [0.15, 0.2) is 48.9 Å². The first-order valence-electron chi connectivity index (χ1n) is 11.2. The molecule has 0 aliphatic carbocycles. The van der Waals surface area contributed by atoms with E-state index in [0.717, 1.165) is 24.3 Å². The third-order valence-corrected chi connectivity index (χ3v) is 6.09. The number of aromatic nitrogens is 3. The number of piperazine rings is 1. The van der Waals surface area contributed by atoms with Gasteiger partial charge in [-0.25, -0.2) is 14.4 Å². The Morgan fingerprint density at radius 2 is 1.89 bits per heavy atom. The molecule has 2 aromatic heterocycles. The fraction of sp³-hybridized carbons (Fsp3) is 0.240. The van der Waals surface area contributed by atoms with E-state index < -0.39 is 11.6 Å². The number of halogens is 3. The molecule has 8 nitrogen and oxygen atoms in total. The Kier molecular flexibility index (Phi) is 7.37. The van der Waals surface area contributed by atoms with Gasteiger partial charge in [0, 0.05) is 55.4 Å². The van der Waals surface area contributed by atoms with Crippen molar-refractivity contribution in [2.45, 2.75) is 6.92 Å². The number of nitrogens with one attached hydrogen (secondary N) is 2. The molecule has 1 amide bonds. The number of nitrogens with zero attached hydrogens (tertiary/aromatic N) is 4. The molecule has 1 aliphatic heterocycles. The van der Waals surface area contributed by atoms with Gasteiger partial charge >= 0.3 is 0 Å². The van der Waals surface area contributed by atoms with Gasteiger partial charge < -0.3 is 20.3 Å². The van der Waals surface area contributed by atoms with E-state index in [2.05, 4.69) is 20.6 Å². The Bertz CT molecular complexity index is 1420. The van der Waals surface area contributed by atoms with Crippen molar-refractivity contribution in [1.82, 2.24) is 24.6 Å². The monoisotopic (exact) mass is 514 g/mol. The molecule has 1 fully saturated rings. The number of carbonyl (C=O) groups excluding carboxylic acids is 1. The number of amides is 1. The van der Waals surface area contributed by atoms with Crippen LogP contribution in [0.3, 0.4) is 0 Å². The summed E-state index contributed by atoms with van der Waals surface area (Å²) in [7, 11) is 1.28. The largest absolute Gasteiger partial charge is 0.494 e. The normalized spacial score (nSPS) is 13.4. The summed E-state index contributed by atoms with van der Waals surface area (Å²) in [6.07, 6.45) is 4.64. The minimum atomic E-state index is -1.06. The highest BCUT2D eigenvalue weighted by Gasteiger charge is 2.21. The van der Waals surface area contributed by atoms with Crippen LogP contribution in [0.4, 0.5) is 20.3 Å². The van der Waals surface area contributed by atoms with Gasteiger partial charge in [-0.15, -0.1) is 12.4 Å². The lowest BCUT2D eigenvalue weighted by Crippen LogP contribution is -2.46. The molecule has 1 aliphatic rings. The molecular weight excluding hydrogens is 490 g/mol. The first kappa shape index (κ1) is 25.3. The number of aryl methyl sites for hydroxylation is 1. The van der Waals surface area contributed by atoms with Crippen LogP contribution in [0.1, 0.15) is 15.9 Å². The molecule has 0 unspecified atom stereocenters. The maximum Gasteiger partial charge on any atom is 0.254 e. The first-order valence-corrected chi connectivity index (χ1v) is 11.2. The Labute approximate surface area is 212 Å². The second-order valence-electron chi connectivity index (χ2n) is 8.25. The van der Waals surface area contributed by atoms with Crippen LogP contribution < -0.4 is 15.4 Å². The number of hydrogen-bond donors (Lipinski definition) is 2. The van der Waals surface area contributed by atoms with E-state index in [1.807, 2.05) is 24.0 Å². The standard InChI is InChI=1S/C25H24F2N6O2.ClH/c1-15-13-16(3-4-17(15)25(34)32-10-7-28-8-11-32)31-23-24-30-14-19(33(24)12-9-29-23)18-5-6-20(35-2)22(27)21(18)26;/h3-6,9,12-14,28H,7-8,10-11H2,1-2H3,(H,29,31);1H. The lowest BCUT2D eigenvalue weighted by atomic mass is 10.1. The zero-order chi connectivity index (χ0) is 24.5. The molecule has 3 heterocycles. The average Bonchev–Trinajstić information content (AvgIpc) is 3.31. The van der Waals surface area contributed by atoms with Gasteiger partial charge in [-0.3, -0.25) is 9.20 Å². The predicted molar refractivity (Wildman–Crippen MR) is 135 cm³/mol. The van der Waals surface area contributed by atoms with Crippen LogP contribution in [-0.2, 0) is 0 Å². The molecule has 0 spiro atoms. The smallest absolute Gasteiger partial charge is 0.254 e. The van der Waals surface area contributed by atoms with Crippen molar-refractivity contribution in [3.05, 3.63) is 71.7 Å². The molecule has 0 bridgehead atoms. The van der Waals surface area contributed by atoms with E-state index in [1.54, 1.807) is 22.9 Å². The molecule has 2 aromatic carbocycles. The molecule has 2 N–H and O–H groups in total. The third-order valence-electron chi connectivity index (χ3n) is 6.09. The lowest BCUT2D eigenvalue weighted by Gasteiger charge is -2.28. The van der Waals surface area contributed by atoms with Crippen molar-refractivity contribution in [1.29, 1.82) is 0 Å². The number of rotatable bonds is 5. The van der Waals surface area contributed by atoms with Crippen LogP contribution >= 0.6 is 12.4 Å². The molecule has 0 radical (unpaired) electrons. The van der Waals surface area contributed by atoms with Crippen LogP contribution in [0.25, 0.3) is 16.9 Å². The van der Waals surface area contributed by atoms with Gasteiger partial charge in [-0.05, 0) is 42.8 Å². The summed E-state index contributed by atoms with van der Waals surface area (Å²) in [5.74, 6) is -1.79. The molecule has 11 heteroatoms. The quantitative estimate of drug-likeness (QED) is 0.415. The van der Waals surface area contributed by atoms with Crippen molar-refractivity contribution >= 4 is 35.5 Å². The van der Waals surface area contributed by atoms with Gasteiger partial charge in [0.05, 0.1) is 19.0 Å². The highest BCUT2D eigenvalue weighted by molar-refractivity contribution is 5.96. The number of imidazole rings is 1. The number of anilines is 2. The summed E-state index contributed by atoms with van der Waals surface area (Å²) >= 11 is 0. The van der Waals surface area contributed by atoms with Crippen LogP contribution in [0.5, 0.6) is 5.75 Å². The van der Waals surface area contributed by atoms with Gasteiger partial charge in [0.1, 0.15) is 0 Å². The predicted octanol–water partition coefficient (Wildman–Crippen LogP) is 4.20. The Hall–Kier alpha value is -3.76. The average molecular weight is 515 g/mol. The van der Waals surface area contributed by atoms with Crippen molar-refractivity contribution < 1.29 is 18.3 Å². The molecule has 4 aromatic rings.